The van der Waals surface area contributed by atoms with E-state index in [0.717, 1.165) is 42.4 Å². The molecule has 1 aromatic carbocycles. The van der Waals surface area contributed by atoms with Crippen LogP contribution in [0, 0.1) is 5.92 Å². The number of halogens is 2. The number of aromatic nitrogens is 1. The fourth-order valence-electron chi connectivity index (χ4n) is 5.15. The number of nitrogens with zero attached hydrogens (tertiary/aromatic N) is 3. The number of aliphatic hydroxyl groups is 1. The normalized spacial score (nSPS) is 19.6. The van der Waals surface area contributed by atoms with Crippen molar-refractivity contribution < 1.29 is 19.8 Å². The van der Waals surface area contributed by atoms with Crippen LogP contribution >= 0.6 is 23.2 Å². The number of piperidine rings is 1. The fraction of sp³-hybridized carbons (Fsp3) is 0.519. The van der Waals surface area contributed by atoms with Crippen molar-refractivity contribution in [2.75, 3.05) is 19.7 Å². The molecule has 2 aliphatic rings. The van der Waals surface area contributed by atoms with Gasteiger partial charge in [0.05, 0.1) is 16.0 Å². The number of unbranched alkanes of at least 4 members (excludes halogenated alkanes) is 1. The minimum Gasteiger partial charge on any atom is -0.465 e. The average molecular weight is 550 g/mol. The van der Waals surface area contributed by atoms with Crippen molar-refractivity contribution in [2.24, 2.45) is 13.0 Å². The van der Waals surface area contributed by atoms with Crippen LogP contribution in [0.5, 0.6) is 0 Å². The summed E-state index contributed by atoms with van der Waals surface area (Å²) in [5.41, 5.74) is 2.34. The van der Waals surface area contributed by atoms with Crippen molar-refractivity contribution >= 4 is 35.2 Å². The third kappa shape index (κ3) is 6.48. The zero-order valence-electron chi connectivity index (χ0n) is 20.9. The SMILES string of the molecule is Cn1ccc(C2CCN(C(=O)O)CC2C(=O)N(Cc2cc(CCCCO)cc(Cl)c2Cl)C2CC2)cc1=O. The number of aryl methyl sites for hydroxylation is 2. The van der Waals surface area contributed by atoms with E-state index in [1.165, 1.54) is 9.47 Å². The lowest BCUT2D eigenvalue weighted by Gasteiger charge is -2.39. The van der Waals surface area contributed by atoms with E-state index in [-0.39, 0.29) is 43.1 Å². The number of aliphatic hydroxyl groups excluding tert-OH is 1. The van der Waals surface area contributed by atoms with Gasteiger partial charge in [0.2, 0.25) is 5.91 Å². The molecule has 1 aliphatic heterocycles. The van der Waals surface area contributed by atoms with Gasteiger partial charge in [-0.2, -0.15) is 0 Å². The number of hydrogen-bond acceptors (Lipinski definition) is 4. The molecule has 2 heterocycles. The van der Waals surface area contributed by atoms with Gasteiger partial charge in [0, 0.05) is 51.6 Å². The minimum atomic E-state index is -1.05. The summed E-state index contributed by atoms with van der Waals surface area (Å²) in [4.78, 5) is 41.3. The largest absolute Gasteiger partial charge is 0.465 e. The number of carboxylic acid groups (broad SMARTS) is 1. The summed E-state index contributed by atoms with van der Waals surface area (Å²) in [6, 6.07) is 7.25. The Morgan fingerprint density at radius 2 is 1.89 bits per heavy atom. The third-order valence-electron chi connectivity index (χ3n) is 7.41. The molecule has 0 spiro atoms. The van der Waals surface area contributed by atoms with Crippen molar-refractivity contribution in [3.63, 3.8) is 0 Å². The Morgan fingerprint density at radius 3 is 2.54 bits per heavy atom. The van der Waals surface area contributed by atoms with Crippen LogP contribution < -0.4 is 5.56 Å². The molecule has 0 bridgehead atoms. The quantitative estimate of drug-likeness (QED) is 0.454. The van der Waals surface area contributed by atoms with Crippen LogP contribution in [0.4, 0.5) is 4.79 Å². The Labute approximate surface area is 226 Å². The fourth-order valence-corrected chi connectivity index (χ4v) is 5.58. The predicted molar refractivity (Wildman–Crippen MR) is 142 cm³/mol. The number of pyridine rings is 1. The summed E-state index contributed by atoms with van der Waals surface area (Å²) in [6.07, 6.45) is 5.08. The zero-order valence-corrected chi connectivity index (χ0v) is 22.4. The van der Waals surface area contributed by atoms with Gasteiger partial charge in [0.15, 0.2) is 0 Å². The van der Waals surface area contributed by atoms with E-state index in [9.17, 15) is 19.5 Å². The van der Waals surface area contributed by atoms with Crippen molar-refractivity contribution in [1.82, 2.24) is 14.4 Å². The van der Waals surface area contributed by atoms with Crippen molar-refractivity contribution in [3.05, 3.63) is 67.6 Å². The monoisotopic (exact) mass is 549 g/mol. The molecular weight excluding hydrogens is 517 g/mol. The maximum absolute atomic E-state index is 14.1. The van der Waals surface area contributed by atoms with Crippen LogP contribution in [0.25, 0.3) is 0 Å². The molecule has 2 atom stereocenters. The first kappa shape index (κ1) is 27.5. The molecule has 1 aliphatic carbocycles. The number of rotatable bonds is 9. The molecule has 0 radical (unpaired) electrons. The topological polar surface area (TPSA) is 103 Å². The first-order chi connectivity index (χ1) is 17.7. The zero-order chi connectivity index (χ0) is 26.7. The smallest absolute Gasteiger partial charge is 0.407 e. The molecule has 1 aromatic heterocycles. The Hall–Kier alpha value is -2.55. The highest BCUT2D eigenvalue weighted by Gasteiger charge is 2.43. The van der Waals surface area contributed by atoms with E-state index < -0.39 is 12.0 Å². The number of likely N-dealkylation sites (tertiary alicyclic amines) is 1. The van der Waals surface area contributed by atoms with Gasteiger partial charge in [-0.05, 0) is 73.3 Å². The second kappa shape index (κ2) is 11.9. The van der Waals surface area contributed by atoms with Gasteiger partial charge in [-0.25, -0.2) is 4.79 Å². The lowest BCUT2D eigenvalue weighted by molar-refractivity contribution is -0.139. The molecule has 2 amide bonds. The van der Waals surface area contributed by atoms with Gasteiger partial charge in [-0.1, -0.05) is 29.3 Å². The van der Waals surface area contributed by atoms with E-state index in [2.05, 4.69) is 0 Å². The first-order valence-corrected chi connectivity index (χ1v) is 13.5. The van der Waals surface area contributed by atoms with Crippen LogP contribution in [0.1, 0.15) is 54.7 Å². The summed E-state index contributed by atoms with van der Waals surface area (Å²) in [7, 11) is 1.67. The number of hydrogen-bond donors (Lipinski definition) is 2. The maximum Gasteiger partial charge on any atom is 0.407 e. The molecule has 200 valence electrons. The predicted octanol–water partition coefficient (Wildman–Crippen LogP) is 4.28. The highest BCUT2D eigenvalue weighted by molar-refractivity contribution is 6.42. The summed E-state index contributed by atoms with van der Waals surface area (Å²) in [5, 5.41) is 19.6. The lowest BCUT2D eigenvalue weighted by Crippen LogP contribution is -2.50. The van der Waals surface area contributed by atoms with Crippen LogP contribution in [0.15, 0.2) is 35.3 Å². The number of carbonyl (C=O) groups is 2. The van der Waals surface area contributed by atoms with Crippen molar-refractivity contribution in [1.29, 1.82) is 0 Å². The maximum atomic E-state index is 14.1. The highest BCUT2D eigenvalue weighted by Crippen LogP contribution is 2.39. The van der Waals surface area contributed by atoms with E-state index in [4.69, 9.17) is 28.3 Å². The molecule has 1 saturated carbocycles. The van der Waals surface area contributed by atoms with Gasteiger partial charge < -0.3 is 24.6 Å². The molecule has 2 N–H and O–H groups in total. The van der Waals surface area contributed by atoms with E-state index >= 15 is 0 Å². The van der Waals surface area contributed by atoms with Crippen LogP contribution in [-0.4, -0.2) is 62.3 Å². The molecule has 10 heteroatoms. The van der Waals surface area contributed by atoms with Crippen LogP contribution in [-0.2, 0) is 24.8 Å². The summed E-state index contributed by atoms with van der Waals surface area (Å²) in [6.45, 7) is 0.789. The summed E-state index contributed by atoms with van der Waals surface area (Å²) < 4.78 is 1.47. The molecule has 37 heavy (non-hydrogen) atoms. The lowest BCUT2D eigenvalue weighted by atomic mass is 9.79. The third-order valence-corrected chi connectivity index (χ3v) is 8.25. The van der Waals surface area contributed by atoms with E-state index in [1.54, 1.807) is 19.3 Å². The summed E-state index contributed by atoms with van der Waals surface area (Å²) in [5.74, 6) is -1.00. The molecule has 4 rings (SSSR count). The second-order valence-corrected chi connectivity index (χ2v) is 10.9. The molecule has 2 fully saturated rings. The standard InChI is InChI=1S/C27H33Cl2N3O5/c1-30-9-7-18(14-24(30)34)21-8-10-31(27(36)37)16-22(21)26(35)32(20-5-6-20)15-19-12-17(4-2-3-11-33)13-23(28)25(19)29/h7,9,12-14,20-22,33H,2-6,8,10-11,15-16H2,1H3,(H,36,37). The van der Waals surface area contributed by atoms with E-state index in [1.807, 2.05) is 23.1 Å². The molecule has 8 nitrogen and oxygen atoms in total. The number of carbonyl (C=O) groups excluding carboxylic acids is 1. The average Bonchev–Trinajstić information content (AvgIpc) is 3.71. The Bertz CT molecular complexity index is 1210. The molecule has 2 unspecified atom stereocenters. The van der Waals surface area contributed by atoms with Gasteiger partial charge in [-0.15, -0.1) is 0 Å². The van der Waals surface area contributed by atoms with Crippen LogP contribution in [0.2, 0.25) is 10.0 Å². The second-order valence-electron chi connectivity index (χ2n) is 10.1. The summed E-state index contributed by atoms with van der Waals surface area (Å²) >= 11 is 13.0. The van der Waals surface area contributed by atoms with Gasteiger partial charge >= 0.3 is 6.09 Å². The Morgan fingerprint density at radius 1 is 1.14 bits per heavy atom. The Kier molecular flexibility index (Phi) is 8.82. The molecule has 2 aromatic rings. The van der Waals surface area contributed by atoms with Crippen LogP contribution in [0.3, 0.4) is 0 Å². The minimum absolute atomic E-state index is 0.0601. The van der Waals surface area contributed by atoms with Gasteiger partial charge in [0.25, 0.3) is 5.56 Å². The highest BCUT2D eigenvalue weighted by atomic mass is 35.5. The molecular formula is C27H33Cl2N3O5. The van der Waals surface area contributed by atoms with Crippen molar-refractivity contribution in [3.8, 4) is 0 Å². The number of amides is 2. The Balaban J connectivity index is 1.63. The van der Waals surface area contributed by atoms with Crippen molar-refractivity contribution in [2.45, 2.75) is 57.0 Å². The molecule has 1 saturated heterocycles. The first-order valence-electron chi connectivity index (χ1n) is 12.7. The van der Waals surface area contributed by atoms with Gasteiger partial charge in [-0.3, -0.25) is 9.59 Å². The number of benzene rings is 1. The van der Waals surface area contributed by atoms with Gasteiger partial charge in [0.1, 0.15) is 0 Å². The van der Waals surface area contributed by atoms with E-state index in [0.29, 0.717) is 29.4 Å².